The van der Waals surface area contributed by atoms with Crippen LogP contribution in [-0.2, 0) is 11.3 Å². The summed E-state index contributed by atoms with van der Waals surface area (Å²) in [6.07, 6.45) is 1.38. The summed E-state index contributed by atoms with van der Waals surface area (Å²) in [6, 6.07) is 0. The van der Waals surface area contributed by atoms with Crippen molar-refractivity contribution in [2.75, 3.05) is 20.3 Å². The van der Waals surface area contributed by atoms with E-state index in [1.54, 1.807) is 4.68 Å². The molecule has 6 heteroatoms. The number of aryl methyl sites for hydroxylation is 1. The first kappa shape index (κ1) is 11.1. The lowest BCUT2D eigenvalue weighted by molar-refractivity contribution is 0.0583. The van der Waals surface area contributed by atoms with Gasteiger partial charge in [-0.05, 0) is 6.42 Å². The van der Waals surface area contributed by atoms with Crippen LogP contribution in [0, 0.1) is 0 Å². The summed E-state index contributed by atoms with van der Waals surface area (Å²) in [5.74, 6) is 0. The van der Waals surface area contributed by atoms with Gasteiger partial charge in [0.05, 0.1) is 18.5 Å². The van der Waals surface area contributed by atoms with Gasteiger partial charge in [-0.15, -0.1) is 5.10 Å². The molecule has 0 saturated carbocycles. The fourth-order valence-corrected chi connectivity index (χ4v) is 1.16. The lowest BCUT2D eigenvalue weighted by Gasteiger charge is -2.10. The number of nitrogens with zero attached hydrogens (tertiary/aromatic N) is 3. The van der Waals surface area contributed by atoms with Crippen LogP contribution in [0.25, 0.3) is 0 Å². The van der Waals surface area contributed by atoms with Crippen LogP contribution in [-0.4, -0.2) is 45.5 Å². The van der Waals surface area contributed by atoms with Gasteiger partial charge in [0, 0.05) is 20.3 Å². The van der Waals surface area contributed by atoms with Crippen molar-refractivity contribution in [2.24, 2.45) is 0 Å². The smallest absolute Gasteiger partial charge is 0.120 e. The lowest BCUT2D eigenvalue weighted by atomic mass is 10.3. The number of hydrogen-bond acceptors (Lipinski definition) is 5. The summed E-state index contributed by atoms with van der Waals surface area (Å²) in [6.45, 7) is 0.860. The standard InChI is InChI=1S/C8H15N3O3/c1-14-6-8(13)7-5-9-10-11(7)3-2-4-12/h5,8,12-13H,2-4,6H2,1H3/t8-/m0/s1. The van der Waals surface area contributed by atoms with Gasteiger partial charge in [0.1, 0.15) is 6.10 Å². The van der Waals surface area contributed by atoms with Gasteiger partial charge in [0.25, 0.3) is 0 Å². The molecule has 0 radical (unpaired) electrons. The molecule has 0 aliphatic rings. The van der Waals surface area contributed by atoms with Gasteiger partial charge in [-0.25, -0.2) is 4.68 Å². The molecule has 6 nitrogen and oxygen atoms in total. The maximum atomic E-state index is 9.60. The molecule has 0 aliphatic carbocycles. The van der Waals surface area contributed by atoms with Gasteiger partial charge in [0.2, 0.25) is 0 Å². The molecule has 1 heterocycles. The quantitative estimate of drug-likeness (QED) is 0.638. The van der Waals surface area contributed by atoms with E-state index in [1.165, 1.54) is 13.3 Å². The number of hydrogen-bond donors (Lipinski definition) is 2. The number of rotatable bonds is 6. The molecule has 1 atom stereocenters. The molecule has 0 unspecified atom stereocenters. The van der Waals surface area contributed by atoms with Crippen molar-refractivity contribution in [3.63, 3.8) is 0 Å². The number of aromatic nitrogens is 3. The summed E-state index contributed by atoms with van der Waals surface area (Å²) in [5, 5.41) is 25.7. The third kappa shape index (κ3) is 2.76. The minimum Gasteiger partial charge on any atom is -0.396 e. The maximum absolute atomic E-state index is 9.60. The third-order valence-corrected chi connectivity index (χ3v) is 1.84. The second kappa shape index (κ2) is 5.69. The number of aliphatic hydroxyl groups excluding tert-OH is 2. The molecule has 0 fully saturated rings. The number of ether oxygens (including phenoxy) is 1. The van der Waals surface area contributed by atoms with Gasteiger partial charge < -0.3 is 14.9 Å². The summed E-state index contributed by atoms with van der Waals surface area (Å²) >= 11 is 0. The summed E-state index contributed by atoms with van der Waals surface area (Å²) < 4.78 is 6.39. The van der Waals surface area contributed by atoms with Gasteiger partial charge in [-0.3, -0.25) is 0 Å². The molecule has 0 aliphatic heterocycles. The van der Waals surface area contributed by atoms with Crippen LogP contribution >= 0.6 is 0 Å². The average Bonchev–Trinajstić information content (AvgIpc) is 2.63. The summed E-state index contributed by atoms with van der Waals surface area (Å²) in [5.41, 5.74) is 0.611. The van der Waals surface area contributed by atoms with E-state index in [1.807, 2.05) is 0 Å². The molecule has 2 N–H and O–H groups in total. The summed E-state index contributed by atoms with van der Waals surface area (Å²) in [7, 11) is 1.52. The SMILES string of the molecule is COC[C@H](O)c1cnnn1CCCO. The topological polar surface area (TPSA) is 80.4 Å². The van der Waals surface area contributed by atoms with E-state index in [4.69, 9.17) is 9.84 Å². The van der Waals surface area contributed by atoms with E-state index in [2.05, 4.69) is 10.3 Å². The first-order valence-electron chi connectivity index (χ1n) is 4.45. The Morgan fingerprint density at radius 1 is 1.64 bits per heavy atom. The van der Waals surface area contributed by atoms with Crippen LogP contribution in [0.2, 0.25) is 0 Å². The maximum Gasteiger partial charge on any atom is 0.120 e. The second-order valence-corrected chi connectivity index (χ2v) is 2.93. The Balaban J connectivity index is 2.61. The number of methoxy groups -OCH3 is 1. The van der Waals surface area contributed by atoms with Crippen LogP contribution in [0.4, 0.5) is 0 Å². The van der Waals surface area contributed by atoms with E-state index >= 15 is 0 Å². The van der Waals surface area contributed by atoms with Crippen LogP contribution in [0.3, 0.4) is 0 Å². The molecular weight excluding hydrogens is 186 g/mol. The zero-order valence-corrected chi connectivity index (χ0v) is 8.13. The lowest BCUT2D eigenvalue weighted by Crippen LogP contribution is -2.13. The molecule has 0 aromatic carbocycles. The highest BCUT2D eigenvalue weighted by atomic mass is 16.5. The third-order valence-electron chi connectivity index (χ3n) is 1.84. The van der Waals surface area contributed by atoms with E-state index in [-0.39, 0.29) is 13.2 Å². The minimum atomic E-state index is -0.714. The molecule has 80 valence electrons. The van der Waals surface area contributed by atoms with Crippen molar-refractivity contribution in [2.45, 2.75) is 19.1 Å². The van der Waals surface area contributed by atoms with Crippen molar-refractivity contribution in [1.82, 2.24) is 15.0 Å². The van der Waals surface area contributed by atoms with E-state index in [9.17, 15) is 5.11 Å². The fourth-order valence-electron chi connectivity index (χ4n) is 1.16. The highest BCUT2D eigenvalue weighted by Crippen LogP contribution is 2.11. The van der Waals surface area contributed by atoms with Crippen molar-refractivity contribution in [3.8, 4) is 0 Å². The van der Waals surface area contributed by atoms with Crippen LogP contribution < -0.4 is 0 Å². The Morgan fingerprint density at radius 2 is 2.43 bits per heavy atom. The van der Waals surface area contributed by atoms with Gasteiger partial charge in [-0.1, -0.05) is 5.21 Å². The Bertz CT molecular complexity index is 264. The molecule has 1 rings (SSSR count). The Labute approximate surface area is 82.1 Å². The highest BCUT2D eigenvalue weighted by molar-refractivity contribution is 4.98. The second-order valence-electron chi connectivity index (χ2n) is 2.93. The van der Waals surface area contributed by atoms with Crippen molar-refractivity contribution < 1.29 is 14.9 Å². The monoisotopic (exact) mass is 201 g/mol. The first-order chi connectivity index (χ1) is 6.79. The van der Waals surface area contributed by atoms with Crippen LogP contribution in [0.5, 0.6) is 0 Å². The zero-order chi connectivity index (χ0) is 10.4. The highest BCUT2D eigenvalue weighted by Gasteiger charge is 2.13. The van der Waals surface area contributed by atoms with Crippen molar-refractivity contribution >= 4 is 0 Å². The molecule has 0 spiro atoms. The summed E-state index contributed by atoms with van der Waals surface area (Å²) in [4.78, 5) is 0. The minimum absolute atomic E-state index is 0.0969. The molecule has 0 saturated heterocycles. The van der Waals surface area contributed by atoms with Gasteiger partial charge >= 0.3 is 0 Å². The van der Waals surface area contributed by atoms with E-state index < -0.39 is 6.10 Å². The first-order valence-corrected chi connectivity index (χ1v) is 4.45. The van der Waals surface area contributed by atoms with Gasteiger partial charge in [-0.2, -0.15) is 0 Å². The molecule has 1 aromatic heterocycles. The molecule has 14 heavy (non-hydrogen) atoms. The number of aliphatic hydroxyl groups is 2. The largest absolute Gasteiger partial charge is 0.396 e. The van der Waals surface area contributed by atoms with Crippen molar-refractivity contribution in [3.05, 3.63) is 11.9 Å². The average molecular weight is 201 g/mol. The normalized spacial score (nSPS) is 13.1. The Hall–Kier alpha value is -0.980. The van der Waals surface area contributed by atoms with Gasteiger partial charge in [0.15, 0.2) is 0 Å². The Kier molecular flexibility index (Phi) is 4.51. The van der Waals surface area contributed by atoms with E-state index in [0.29, 0.717) is 18.7 Å². The van der Waals surface area contributed by atoms with Crippen LogP contribution in [0.1, 0.15) is 18.2 Å². The van der Waals surface area contributed by atoms with Crippen molar-refractivity contribution in [1.29, 1.82) is 0 Å². The zero-order valence-electron chi connectivity index (χ0n) is 8.13. The molecule has 1 aromatic rings. The van der Waals surface area contributed by atoms with E-state index in [0.717, 1.165) is 0 Å². The molecule has 0 amide bonds. The molecule has 0 bridgehead atoms. The predicted molar refractivity (Wildman–Crippen MR) is 48.6 cm³/mol. The predicted octanol–water partition coefficient (Wildman–Crippen LogP) is -0.660. The fraction of sp³-hybridized carbons (Fsp3) is 0.750. The van der Waals surface area contributed by atoms with Crippen LogP contribution in [0.15, 0.2) is 6.20 Å². The molecular formula is C8H15N3O3. The Morgan fingerprint density at radius 3 is 3.07 bits per heavy atom.